The molecule has 0 saturated heterocycles. The highest BCUT2D eigenvalue weighted by atomic mass is 35.5. The summed E-state index contributed by atoms with van der Waals surface area (Å²) in [5.74, 6) is -0.437. The van der Waals surface area contributed by atoms with Crippen LogP contribution >= 0.6 is 22.9 Å². The zero-order valence-electron chi connectivity index (χ0n) is 9.15. The van der Waals surface area contributed by atoms with Crippen molar-refractivity contribution in [2.75, 3.05) is 5.73 Å². The highest BCUT2D eigenvalue weighted by molar-refractivity contribution is 7.21. The standard InChI is InChI=1S/C13H8ClFN2S/c14-12-8(2-1-3-9(12)15)13-17-10-5-4-7(16)6-11(10)18-13/h1-6H,16H2. The summed E-state index contributed by atoms with van der Waals surface area (Å²) >= 11 is 7.40. The molecule has 90 valence electrons. The summed E-state index contributed by atoms with van der Waals surface area (Å²) in [6, 6.07) is 10.2. The molecule has 0 aliphatic carbocycles. The Hall–Kier alpha value is -1.65. The van der Waals surface area contributed by atoms with Crippen LogP contribution in [0.3, 0.4) is 0 Å². The monoisotopic (exact) mass is 278 g/mol. The fourth-order valence-corrected chi connectivity index (χ4v) is 3.04. The molecule has 0 fully saturated rings. The molecule has 0 unspecified atom stereocenters. The number of hydrogen-bond acceptors (Lipinski definition) is 3. The molecule has 5 heteroatoms. The summed E-state index contributed by atoms with van der Waals surface area (Å²) in [6.07, 6.45) is 0. The van der Waals surface area contributed by atoms with E-state index in [9.17, 15) is 4.39 Å². The number of fused-ring (bicyclic) bond motifs is 1. The Morgan fingerprint density at radius 1 is 1.22 bits per heavy atom. The van der Waals surface area contributed by atoms with Gasteiger partial charge in [-0.15, -0.1) is 11.3 Å². The summed E-state index contributed by atoms with van der Waals surface area (Å²) in [7, 11) is 0. The lowest BCUT2D eigenvalue weighted by atomic mass is 10.2. The van der Waals surface area contributed by atoms with Crippen LogP contribution in [0.5, 0.6) is 0 Å². The van der Waals surface area contributed by atoms with Gasteiger partial charge in [-0.2, -0.15) is 0 Å². The minimum atomic E-state index is -0.437. The Kier molecular flexibility index (Phi) is 2.69. The summed E-state index contributed by atoms with van der Waals surface area (Å²) in [5.41, 5.74) is 7.85. The second-order valence-electron chi connectivity index (χ2n) is 3.85. The maximum Gasteiger partial charge on any atom is 0.142 e. The third kappa shape index (κ3) is 1.83. The molecule has 3 aromatic rings. The highest BCUT2D eigenvalue weighted by Crippen LogP contribution is 2.35. The van der Waals surface area contributed by atoms with Crippen molar-refractivity contribution in [2.45, 2.75) is 0 Å². The van der Waals surface area contributed by atoms with Crippen molar-refractivity contribution in [3.8, 4) is 10.6 Å². The number of nitrogen functional groups attached to an aromatic ring is 1. The minimum Gasteiger partial charge on any atom is -0.399 e. The van der Waals surface area contributed by atoms with Crippen LogP contribution in [0.1, 0.15) is 0 Å². The highest BCUT2D eigenvalue weighted by Gasteiger charge is 2.12. The average Bonchev–Trinajstić information content (AvgIpc) is 2.75. The number of thiazole rings is 1. The first-order valence-corrected chi connectivity index (χ1v) is 6.45. The van der Waals surface area contributed by atoms with Gasteiger partial charge in [0.25, 0.3) is 0 Å². The van der Waals surface area contributed by atoms with Crippen LogP contribution in [0.4, 0.5) is 10.1 Å². The molecular formula is C13H8ClFN2S. The topological polar surface area (TPSA) is 38.9 Å². The number of nitrogens with zero attached hydrogens (tertiary/aromatic N) is 1. The molecule has 0 radical (unpaired) electrons. The molecular weight excluding hydrogens is 271 g/mol. The van der Waals surface area contributed by atoms with Crippen LogP contribution in [0.2, 0.25) is 5.02 Å². The predicted octanol–water partition coefficient (Wildman–Crippen LogP) is 4.34. The molecule has 2 N–H and O–H groups in total. The number of hydrogen-bond donors (Lipinski definition) is 1. The van der Waals surface area contributed by atoms with E-state index in [0.717, 1.165) is 10.2 Å². The smallest absolute Gasteiger partial charge is 0.142 e. The Bertz CT molecular complexity index is 739. The summed E-state index contributed by atoms with van der Waals surface area (Å²) in [4.78, 5) is 4.44. The Morgan fingerprint density at radius 3 is 2.89 bits per heavy atom. The van der Waals surface area contributed by atoms with Gasteiger partial charge in [-0.25, -0.2) is 9.37 Å². The van der Waals surface area contributed by atoms with Crippen molar-refractivity contribution in [2.24, 2.45) is 0 Å². The van der Waals surface area contributed by atoms with Crippen LogP contribution < -0.4 is 5.73 Å². The van der Waals surface area contributed by atoms with Crippen LogP contribution in [-0.4, -0.2) is 4.98 Å². The summed E-state index contributed by atoms with van der Waals surface area (Å²) < 4.78 is 14.4. The molecule has 0 spiro atoms. The van der Waals surface area contributed by atoms with Crippen LogP contribution in [0.25, 0.3) is 20.8 Å². The van der Waals surface area contributed by atoms with Gasteiger partial charge in [0.2, 0.25) is 0 Å². The maximum absolute atomic E-state index is 13.4. The van der Waals surface area contributed by atoms with Crippen LogP contribution in [0.15, 0.2) is 36.4 Å². The first-order valence-electron chi connectivity index (χ1n) is 5.25. The Balaban J connectivity index is 2.22. The molecule has 3 rings (SSSR count). The van der Waals surface area contributed by atoms with Crippen molar-refractivity contribution < 1.29 is 4.39 Å². The van der Waals surface area contributed by atoms with Crippen molar-refractivity contribution in [3.05, 3.63) is 47.2 Å². The molecule has 0 saturated carbocycles. The second-order valence-corrected chi connectivity index (χ2v) is 5.26. The van der Waals surface area contributed by atoms with Crippen LogP contribution in [-0.2, 0) is 0 Å². The fraction of sp³-hybridized carbons (Fsp3) is 0. The lowest BCUT2D eigenvalue weighted by molar-refractivity contribution is 0.629. The van der Waals surface area contributed by atoms with Gasteiger partial charge >= 0.3 is 0 Å². The lowest BCUT2D eigenvalue weighted by Gasteiger charge is -1.99. The van der Waals surface area contributed by atoms with E-state index in [1.807, 2.05) is 12.1 Å². The first kappa shape index (κ1) is 11.4. The molecule has 1 heterocycles. The zero-order chi connectivity index (χ0) is 12.7. The maximum atomic E-state index is 13.4. The second kappa shape index (κ2) is 4.23. The number of rotatable bonds is 1. The van der Waals surface area contributed by atoms with Gasteiger partial charge in [-0.1, -0.05) is 23.7 Å². The lowest BCUT2D eigenvalue weighted by Crippen LogP contribution is -1.82. The van der Waals surface area contributed by atoms with Gasteiger partial charge in [0.1, 0.15) is 10.8 Å². The zero-order valence-corrected chi connectivity index (χ0v) is 10.7. The molecule has 0 atom stereocenters. The van der Waals surface area contributed by atoms with E-state index in [2.05, 4.69) is 4.98 Å². The Morgan fingerprint density at radius 2 is 2.06 bits per heavy atom. The van der Waals surface area contributed by atoms with Gasteiger partial charge < -0.3 is 5.73 Å². The number of benzene rings is 2. The summed E-state index contributed by atoms with van der Waals surface area (Å²) in [5, 5.41) is 0.796. The molecule has 2 nitrogen and oxygen atoms in total. The van der Waals surface area contributed by atoms with Gasteiger partial charge in [0, 0.05) is 11.3 Å². The largest absolute Gasteiger partial charge is 0.399 e. The fourth-order valence-electron chi connectivity index (χ4n) is 1.73. The Labute approximate surface area is 112 Å². The first-order chi connectivity index (χ1) is 8.65. The van der Waals surface area contributed by atoms with Crippen molar-refractivity contribution in [3.63, 3.8) is 0 Å². The number of halogens is 2. The molecule has 0 bridgehead atoms. The summed E-state index contributed by atoms with van der Waals surface area (Å²) in [6.45, 7) is 0. The van der Waals surface area contributed by atoms with Crippen molar-refractivity contribution in [1.29, 1.82) is 0 Å². The van der Waals surface area contributed by atoms with E-state index < -0.39 is 5.82 Å². The van der Waals surface area contributed by atoms with Gasteiger partial charge in [0.05, 0.1) is 15.2 Å². The quantitative estimate of drug-likeness (QED) is 0.673. The molecule has 0 amide bonds. The van der Waals surface area contributed by atoms with E-state index in [4.69, 9.17) is 17.3 Å². The number of anilines is 1. The predicted molar refractivity (Wildman–Crippen MR) is 74.4 cm³/mol. The van der Waals surface area contributed by atoms with Gasteiger partial charge in [0.15, 0.2) is 0 Å². The number of nitrogens with two attached hydrogens (primary N) is 1. The van der Waals surface area contributed by atoms with Gasteiger partial charge in [-0.05, 0) is 24.3 Å². The third-order valence-corrected chi connectivity index (χ3v) is 4.03. The molecule has 0 aliphatic heterocycles. The SMILES string of the molecule is Nc1ccc2nc(-c3cccc(F)c3Cl)sc2c1. The van der Waals surface area contributed by atoms with Crippen LogP contribution in [0, 0.1) is 5.82 Å². The third-order valence-electron chi connectivity index (χ3n) is 2.59. The van der Waals surface area contributed by atoms with E-state index >= 15 is 0 Å². The van der Waals surface area contributed by atoms with E-state index in [0.29, 0.717) is 16.3 Å². The number of aromatic nitrogens is 1. The van der Waals surface area contributed by atoms with E-state index in [1.165, 1.54) is 17.4 Å². The average molecular weight is 279 g/mol. The molecule has 18 heavy (non-hydrogen) atoms. The molecule has 2 aromatic carbocycles. The van der Waals surface area contributed by atoms with E-state index in [-0.39, 0.29) is 5.02 Å². The minimum absolute atomic E-state index is 0.101. The normalized spacial score (nSPS) is 11.0. The molecule has 1 aromatic heterocycles. The molecule has 0 aliphatic rings. The van der Waals surface area contributed by atoms with Gasteiger partial charge in [-0.3, -0.25) is 0 Å². The van der Waals surface area contributed by atoms with Crippen molar-refractivity contribution in [1.82, 2.24) is 4.98 Å². The van der Waals surface area contributed by atoms with Crippen molar-refractivity contribution >= 4 is 38.8 Å². The van der Waals surface area contributed by atoms with E-state index in [1.54, 1.807) is 18.2 Å².